The second kappa shape index (κ2) is 3.33. The molecule has 0 saturated heterocycles. The molecule has 0 aliphatic heterocycles. The van der Waals surface area contributed by atoms with Crippen LogP contribution in [0.25, 0.3) is 0 Å². The predicted octanol–water partition coefficient (Wildman–Crippen LogP) is 1.11. The Morgan fingerprint density at radius 1 is 1.67 bits per heavy atom. The van der Waals surface area contributed by atoms with Crippen molar-refractivity contribution < 1.29 is 4.79 Å². The standard InChI is InChI=1S/C7H6ClNO2S/c1-9-3-2-4(7(11)12)5(8)6(9)10/h2-3H,1H3,(H,11,12). The van der Waals surface area contributed by atoms with Crippen molar-refractivity contribution in [3.8, 4) is 0 Å². The molecule has 1 aromatic rings. The van der Waals surface area contributed by atoms with Crippen LogP contribution in [-0.4, -0.2) is 9.68 Å². The first kappa shape index (κ1) is 9.35. The Kier molecular flexibility index (Phi) is 2.59. The lowest BCUT2D eigenvalue weighted by Crippen LogP contribution is -2.18. The fourth-order valence-corrected chi connectivity index (χ4v) is 1.30. The number of rotatable bonds is 1. The highest BCUT2D eigenvalue weighted by Crippen LogP contribution is 2.11. The first-order valence-electron chi connectivity index (χ1n) is 3.12. The summed E-state index contributed by atoms with van der Waals surface area (Å²) in [5.41, 5.74) is -0.250. The fraction of sp³-hybridized carbons (Fsp3) is 0.143. The molecular weight excluding hydrogens is 198 g/mol. The van der Waals surface area contributed by atoms with E-state index >= 15 is 0 Å². The van der Waals surface area contributed by atoms with Crippen LogP contribution in [0, 0.1) is 0 Å². The molecule has 0 aromatic carbocycles. The summed E-state index contributed by atoms with van der Waals surface area (Å²) < 4.78 is 1.29. The van der Waals surface area contributed by atoms with E-state index in [4.69, 9.17) is 11.6 Å². The molecule has 1 heterocycles. The van der Waals surface area contributed by atoms with Crippen LogP contribution in [0.4, 0.5) is 0 Å². The third-order valence-corrected chi connectivity index (χ3v) is 2.05. The van der Waals surface area contributed by atoms with Crippen molar-refractivity contribution in [3.63, 3.8) is 0 Å². The van der Waals surface area contributed by atoms with Gasteiger partial charge in [0.15, 0.2) is 0 Å². The molecule has 1 aromatic heterocycles. The van der Waals surface area contributed by atoms with Crippen molar-refractivity contribution in [1.29, 1.82) is 0 Å². The van der Waals surface area contributed by atoms with E-state index in [0.717, 1.165) is 0 Å². The van der Waals surface area contributed by atoms with Crippen LogP contribution in [0.3, 0.4) is 0 Å². The maximum Gasteiger partial charge on any atom is 0.269 e. The molecule has 0 amide bonds. The highest BCUT2D eigenvalue weighted by molar-refractivity contribution is 7.97. The minimum Gasteiger partial charge on any atom is -0.317 e. The van der Waals surface area contributed by atoms with E-state index in [0.29, 0.717) is 0 Å². The van der Waals surface area contributed by atoms with Gasteiger partial charge in [-0.1, -0.05) is 11.6 Å². The maximum atomic E-state index is 11.1. The normalized spacial score (nSPS) is 9.92. The largest absolute Gasteiger partial charge is 0.317 e. The Labute approximate surface area is 79.4 Å². The van der Waals surface area contributed by atoms with Crippen molar-refractivity contribution >= 4 is 29.3 Å². The number of halogens is 1. The molecule has 0 aliphatic rings. The van der Waals surface area contributed by atoms with Crippen molar-refractivity contribution in [2.24, 2.45) is 7.05 Å². The summed E-state index contributed by atoms with van der Waals surface area (Å²) in [5.74, 6) is 0. The van der Waals surface area contributed by atoms with E-state index in [1.165, 1.54) is 16.8 Å². The summed E-state index contributed by atoms with van der Waals surface area (Å²) in [4.78, 5) is 21.9. The van der Waals surface area contributed by atoms with Crippen molar-refractivity contribution in [3.05, 3.63) is 33.2 Å². The Balaban J connectivity index is 3.47. The smallest absolute Gasteiger partial charge is 0.269 e. The summed E-state index contributed by atoms with van der Waals surface area (Å²) in [6.45, 7) is 0. The molecule has 0 saturated carbocycles. The molecule has 5 heteroatoms. The zero-order chi connectivity index (χ0) is 9.30. The van der Waals surface area contributed by atoms with Crippen LogP contribution in [0.5, 0.6) is 0 Å². The maximum absolute atomic E-state index is 11.1. The molecule has 12 heavy (non-hydrogen) atoms. The van der Waals surface area contributed by atoms with E-state index in [2.05, 4.69) is 12.6 Å². The van der Waals surface area contributed by atoms with Gasteiger partial charge < -0.3 is 4.57 Å². The van der Waals surface area contributed by atoms with Crippen molar-refractivity contribution in [2.75, 3.05) is 0 Å². The monoisotopic (exact) mass is 203 g/mol. The lowest BCUT2D eigenvalue weighted by Gasteiger charge is -2.00. The lowest BCUT2D eigenvalue weighted by molar-refractivity contribution is 0.109. The summed E-state index contributed by atoms with van der Waals surface area (Å²) in [7, 11) is 1.56. The van der Waals surface area contributed by atoms with E-state index in [1.807, 2.05) is 0 Å². The molecule has 64 valence electrons. The molecule has 0 spiro atoms. The van der Waals surface area contributed by atoms with Gasteiger partial charge in [-0.25, -0.2) is 0 Å². The molecule has 0 radical (unpaired) electrons. The van der Waals surface area contributed by atoms with E-state index in [-0.39, 0.29) is 10.6 Å². The number of hydrogen-bond donors (Lipinski definition) is 1. The van der Waals surface area contributed by atoms with Gasteiger partial charge in [-0.15, -0.1) is 12.6 Å². The third-order valence-electron chi connectivity index (χ3n) is 1.44. The second-order valence-corrected chi connectivity index (χ2v) is 3.05. The summed E-state index contributed by atoms with van der Waals surface area (Å²) in [6.07, 6.45) is 1.47. The van der Waals surface area contributed by atoms with Gasteiger partial charge in [0.2, 0.25) is 5.12 Å². The first-order valence-corrected chi connectivity index (χ1v) is 3.95. The topological polar surface area (TPSA) is 39.1 Å². The van der Waals surface area contributed by atoms with E-state index < -0.39 is 10.7 Å². The van der Waals surface area contributed by atoms with Gasteiger partial charge in [0, 0.05) is 13.2 Å². The van der Waals surface area contributed by atoms with E-state index in [9.17, 15) is 9.59 Å². The molecular formula is C7H6ClNO2S. The molecule has 0 N–H and O–H groups in total. The van der Waals surface area contributed by atoms with Crippen LogP contribution in [0.2, 0.25) is 5.02 Å². The average molecular weight is 204 g/mol. The quantitative estimate of drug-likeness (QED) is 0.695. The van der Waals surface area contributed by atoms with Crippen LogP contribution < -0.4 is 5.56 Å². The van der Waals surface area contributed by atoms with Gasteiger partial charge in [-0.3, -0.25) is 9.59 Å². The number of pyridine rings is 1. The number of aryl methyl sites for hydroxylation is 1. The lowest BCUT2D eigenvalue weighted by atomic mass is 10.3. The zero-order valence-corrected chi connectivity index (χ0v) is 7.89. The van der Waals surface area contributed by atoms with Crippen LogP contribution in [-0.2, 0) is 7.05 Å². The van der Waals surface area contributed by atoms with Gasteiger partial charge >= 0.3 is 0 Å². The minimum atomic E-state index is -0.502. The molecule has 0 atom stereocenters. The summed E-state index contributed by atoms with van der Waals surface area (Å²) in [5, 5.41) is -0.585. The molecule has 0 unspecified atom stereocenters. The first-order chi connectivity index (χ1) is 5.54. The van der Waals surface area contributed by atoms with Crippen LogP contribution >= 0.6 is 24.2 Å². The number of nitrogens with zero attached hydrogens (tertiary/aromatic N) is 1. The van der Waals surface area contributed by atoms with Gasteiger partial charge in [-0.2, -0.15) is 0 Å². The highest BCUT2D eigenvalue weighted by Gasteiger charge is 2.09. The fourth-order valence-electron chi connectivity index (χ4n) is 0.762. The second-order valence-electron chi connectivity index (χ2n) is 2.26. The number of thiol groups is 1. The summed E-state index contributed by atoms with van der Waals surface area (Å²) >= 11 is 9.16. The van der Waals surface area contributed by atoms with Crippen molar-refractivity contribution in [1.82, 2.24) is 4.57 Å². The van der Waals surface area contributed by atoms with Crippen LogP contribution in [0.1, 0.15) is 10.4 Å². The van der Waals surface area contributed by atoms with E-state index in [1.54, 1.807) is 7.05 Å². The number of aromatic nitrogens is 1. The molecule has 0 fully saturated rings. The molecule has 0 bridgehead atoms. The van der Waals surface area contributed by atoms with Crippen molar-refractivity contribution in [2.45, 2.75) is 0 Å². The van der Waals surface area contributed by atoms with Gasteiger partial charge in [0.05, 0.1) is 5.56 Å². The van der Waals surface area contributed by atoms with Gasteiger partial charge in [0.1, 0.15) is 5.02 Å². The third kappa shape index (κ3) is 1.54. The Hall–Kier alpha value is -0.740. The average Bonchev–Trinajstić information content (AvgIpc) is 2.00. The SMILES string of the molecule is Cn1ccc(C(=O)S)c(Cl)c1=O. The Morgan fingerprint density at radius 2 is 2.25 bits per heavy atom. The predicted molar refractivity (Wildman–Crippen MR) is 50.0 cm³/mol. The Morgan fingerprint density at radius 3 is 2.75 bits per heavy atom. The molecule has 0 aliphatic carbocycles. The number of carbonyl (C=O) groups excluding carboxylic acids is 1. The number of carbonyl (C=O) groups is 1. The molecule has 1 rings (SSSR count). The highest BCUT2D eigenvalue weighted by atomic mass is 35.5. The van der Waals surface area contributed by atoms with Gasteiger partial charge in [-0.05, 0) is 6.07 Å². The summed E-state index contributed by atoms with van der Waals surface area (Å²) in [6, 6.07) is 1.46. The van der Waals surface area contributed by atoms with Gasteiger partial charge in [0.25, 0.3) is 5.56 Å². The Bertz CT molecular complexity index is 385. The number of hydrogen-bond acceptors (Lipinski definition) is 2. The minimum absolute atomic E-state index is 0.0833. The molecule has 3 nitrogen and oxygen atoms in total. The van der Waals surface area contributed by atoms with Crippen LogP contribution in [0.15, 0.2) is 17.1 Å². The zero-order valence-electron chi connectivity index (χ0n) is 6.24.